The van der Waals surface area contributed by atoms with Crippen LogP contribution in [0, 0.1) is 5.92 Å². The van der Waals surface area contributed by atoms with Gasteiger partial charge in [0.05, 0.1) is 17.1 Å². The Bertz CT molecular complexity index is 1200. The minimum atomic E-state index is -0.521. The molecule has 0 saturated carbocycles. The molecule has 9 nitrogen and oxygen atoms in total. The Balaban J connectivity index is 1.11. The number of thiophene rings is 1. The standard InChI is InChI=1S/C24H25N7O2S/c32-22-21(29-24(33)30-22)12-18-4-8-26-23(28-18)31-9-5-16(6-10-31)13-25-14-19-2-1-3-20(27-19)17-7-11-34-15-17/h1-4,7-8,11-12,15-16,25H,5-6,9-10,13-14H2,(H2,29,30,32,33). The molecular formula is C24H25N7O2S. The number of amides is 3. The highest BCUT2D eigenvalue weighted by atomic mass is 32.1. The van der Waals surface area contributed by atoms with Crippen LogP contribution in [0.25, 0.3) is 17.3 Å². The number of carbonyl (C=O) groups excluding carboxylic acids is 2. The number of piperidine rings is 1. The lowest BCUT2D eigenvalue weighted by atomic mass is 9.97. The number of nitrogens with zero attached hydrogens (tertiary/aromatic N) is 4. The number of pyridine rings is 1. The minimum absolute atomic E-state index is 0.190. The van der Waals surface area contributed by atoms with Crippen molar-refractivity contribution < 1.29 is 9.59 Å². The molecule has 5 heterocycles. The summed E-state index contributed by atoms with van der Waals surface area (Å²) in [5, 5.41) is 12.4. The van der Waals surface area contributed by atoms with Crippen molar-refractivity contribution in [2.75, 3.05) is 24.5 Å². The quantitative estimate of drug-likeness (QED) is 0.356. The summed E-state index contributed by atoms with van der Waals surface area (Å²) < 4.78 is 0. The Hall–Kier alpha value is -3.63. The Morgan fingerprint density at radius 3 is 2.76 bits per heavy atom. The number of rotatable bonds is 7. The fourth-order valence-electron chi connectivity index (χ4n) is 4.12. The van der Waals surface area contributed by atoms with Gasteiger partial charge in [-0.2, -0.15) is 11.3 Å². The van der Waals surface area contributed by atoms with Gasteiger partial charge in [0.15, 0.2) is 0 Å². The van der Waals surface area contributed by atoms with Gasteiger partial charge in [-0.25, -0.2) is 14.8 Å². The molecule has 3 N–H and O–H groups in total. The van der Waals surface area contributed by atoms with E-state index in [4.69, 9.17) is 4.98 Å². The van der Waals surface area contributed by atoms with Gasteiger partial charge in [0.2, 0.25) is 5.95 Å². The van der Waals surface area contributed by atoms with E-state index in [1.165, 1.54) is 0 Å². The van der Waals surface area contributed by atoms with E-state index >= 15 is 0 Å². The molecule has 34 heavy (non-hydrogen) atoms. The predicted molar refractivity (Wildman–Crippen MR) is 131 cm³/mol. The molecule has 3 amide bonds. The van der Waals surface area contributed by atoms with Gasteiger partial charge in [0.1, 0.15) is 5.70 Å². The van der Waals surface area contributed by atoms with Crippen molar-refractivity contribution in [1.29, 1.82) is 0 Å². The number of imide groups is 1. The second-order valence-electron chi connectivity index (χ2n) is 8.34. The monoisotopic (exact) mass is 475 g/mol. The van der Waals surface area contributed by atoms with E-state index in [9.17, 15) is 9.59 Å². The highest BCUT2D eigenvalue weighted by Gasteiger charge is 2.24. The highest BCUT2D eigenvalue weighted by molar-refractivity contribution is 7.08. The lowest BCUT2D eigenvalue weighted by Crippen LogP contribution is -2.38. The summed E-state index contributed by atoms with van der Waals surface area (Å²) >= 11 is 1.68. The van der Waals surface area contributed by atoms with Gasteiger partial charge in [-0.05, 0) is 61.0 Å². The van der Waals surface area contributed by atoms with Crippen LogP contribution in [0.3, 0.4) is 0 Å². The van der Waals surface area contributed by atoms with Crippen LogP contribution >= 0.6 is 11.3 Å². The Morgan fingerprint density at radius 2 is 2.00 bits per heavy atom. The predicted octanol–water partition coefficient (Wildman–Crippen LogP) is 2.79. The molecule has 2 aliphatic heterocycles. The summed E-state index contributed by atoms with van der Waals surface area (Å²) in [7, 11) is 0. The van der Waals surface area contributed by atoms with E-state index in [0.29, 0.717) is 17.6 Å². The number of carbonyl (C=O) groups is 2. The van der Waals surface area contributed by atoms with Gasteiger partial charge in [-0.3, -0.25) is 15.1 Å². The maximum atomic E-state index is 11.7. The molecule has 0 bridgehead atoms. The van der Waals surface area contributed by atoms with Gasteiger partial charge in [-0.1, -0.05) is 6.07 Å². The molecular weight excluding hydrogens is 450 g/mol. The largest absolute Gasteiger partial charge is 0.341 e. The maximum absolute atomic E-state index is 11.7. The first-order valence-corrected chi connectivity index (χ1v) is 12.2. The molecule has 5 rings (SSSR count). The van der Waals surface area contributed by atoms with Crippen LogP contribution in [0.2, 0.25) is 0 Å². The van der Waals surface area contributed by atoms with Gasteiger partial charge in [-0.15, -0.1) is 0 Å². The first-order chi connectivity index (χ1) is 16.6. The van der Waals surface area contributed by atoms with Crippen molar-refractivity contribution in [3.63, 3.8) is 0 Å². The Labute approximate surface area is 201 Å². The van der Waals surface area contributed by atoms with Gasteiger partial charge < -0.3 is 15.5 Å². The third-order valence-corrected chi connectivity index (χ3v) is 6.62. The first kappa shape index (κ1) is 22.2. The topological polar surface area (TPSA) is 112 Å². The fourth-order valence-corrected chi connectivity index (χ4v) is 4.77. The van der Waals surface area contributed by atoms with E-state index in [-0.39, 0.29) is 5.70 Å². The summed E-state index contributed by atoms with van der Waals surface area (Å²) in [4.78, 5) is 38.9. The average Bonchev–Trinajstić information content (AvgIpc) is 3.50. The molecule has 0 spiro atoms. The summed E-state index contributed by atoms with van der Waals surface area (Å²) in [6.07, 6.45) is 5.32. The van der Waals surface area contributed by atoms with Crippen molar-refractivity contribution in [1.82, 2.24) is 30.9 Å². The summed E-state index contributed by atoms with van der Waals surface area (Å²) in [6, 6.07) is 9.46. The molecule has 2 fully saturated rings. The van der Waals surface area contributed by atoms with Crippen molar-refractivity contribution in [2.24, 2.45) is 5.92 Å². The van der Waals surface area contributed by atoms with Crippen LogP contribution < -0.4 is 20.9 Å². The molecule has 174 valence electrons. The minimum Gasteiger partial charge on any atom is -0.341 e. The highest BCUT2D eigenvalue weighted by Crippen LogP contribution is 2.22. The molecule has 0 aromatic carbocycles. The molecule has 0 atom stereocenters. The molecule has 2 aliphatic rings. The molecule has 3 aromatic heterocycles. The molecule has 0 radical (unpaired) electrons. The smallest absolute Gasteiger partial charge is 0.326 e. The van der Waals surface area contributed by atoms with Crippen LogP contribution in [-0.4, -0.2) is 46.5 Å². The van der Waals surface area contributed by atoms with Crippen molar-refractivity contribution in [3.8, 4) is 11.3 Å². The number of nitrogens with one attached hydrogen (secondary N) is 3. The molecule has 2 saturated heterocycles. The van der Waals surface area contributed by atoms with E-state index in [1.807, 2.05) is 6.07 Å². The van der Waals surface area contributed by atoms with Crippen molar-refractivity contribution in [3.05, 3.63) is 64.4 Å². The zero-order valence-electron chi connectivity index (χ0n) is 18.5. The molecule has 3 aromatic rings. The summed E-state index contributed by atoms with van der Waals surface area (Å²) in [5.74, 6) is 0.769. The van der Waals surface area contributed by atoms with E-state index in [0.717, 1.165) is 56.0 Å². The van der Waals surface area contributed by atoms with Crippen LogP contribution in [0.15, 0.2) is 53.0 Å². The maximum Gasteiger partial charge on any atom is 0.326 e. The number of hydrogen-bond acceptors (Lipinski definition) is 8. The molecule has 0 unspecified atom stereocenters. The van der Waals surface area contributed by atoms with E-state index < -0.39 is 11.9 Å². The summed E-state index contributed by atoms with van der Waals surface area (Å²) in [6.45, 7) is 3.44. The van der Waals surface area contributed by atoms with E-state index in [2.05, 4.69) is 59.8 Å². The third-order valence-electron chi connectivity index (χ3n) is 5.94. The average molecular weight is 476 g/mol. The van der Waals surface area contributed by atoms with Crippen LogP contribution in [-0.2, 0) is 11.3 Å². The van der Waals surface area contributed by atoms with Gasteiger partial charge in [0.25, 0.3) is 5.91 Å². The number of anilines is 1. The second kappa shape index (κ2) is 10.1. The van der Waals surface area contributed by atoms with Crippen LogP contribution in [0.4, 0.5) is 10.7 Å². The van der Waals surface area contributed by atoms with Crippen molar-refractivity contribution >= 4 is 35.3 Å². The fraction of sp³-hybridized carbons (Fsp3) is 0.292. The van der Waals surface area contributed by atoms with Crippen LogP contribution in [0.5, 0.6) is 0 Å². The first-order valence-electron chi connectivity index (χ1n) is 11.3. The Morgan fingerprint density at radius 1 is 1.12 bits per heavy atom. The third kappa shape index (κ3) is 5.29. The SMILES string of the molecule is O=C1NC(=O)C(=Cc2ccnc(N3CCC(CNCc4cccc(-c5ccsc5)n4)CC3)n2)N1. The normalized spacial score (nSPS) is 17.8. The molecule has 10 heteroatoms. The van der Waals surface area contributed by atoms with E-state index in [1.54, 1.807) is 29.7 Å². The van der Waals surface area contributed by atoms with Crippen LogP contribution in [0.1, 0.15) is 24.2 Å². The zero-order valence-corrected chi connectivity index (χ0v) is 19.3. The Kier molecular flexibility index (Phi) is 6.59. The molecule has 0 aliphatic carbocycles. The number of urea groups is 1. The second-order valence-corrected chi connectivity index (χ2v) is 9.12. The van der Waals surface area contributed by atoms with Gasteiger partial charge >= 0.3 is 6.03 Å². The summed E-state index contributed by atoms with van der Waals surface area (Å²) in [5.41, 5.74) is 4.00. The van der Waals surface area contributed by atoms with Crippen molar-refractivity contribution in [2.45, 2.75) is 19.4 Å². The zero-order chi connectivity index (χ0) is 23.3. The lowest BCUT2D eigenvalue weighted by molar-refractivity contribution is -0.115. The number of hydrogen-bond donors (Lipinski definition) is 3. The lowest BCUT2D eigenvalue weighted by Gasteiger charge is -2.32. The number of aromatic nitrogens is 3. The van der Waals surface area contributed by atoms with Gasteiger partial charge in [0, 0.05) is 36.8 Å².